The van der Waals surface area contributed by atoms with Crippen molar-refractivity contribution in [3.8, 4) is 17.1 Å². The average molecular weight is 507 g/mol. The van der Waals surface area contributed by atoms with Crippen molar-refractivity contribution in [1.82, 2.24) is 34.8 Å². The molecule has 6 rings (SSSR count). The van der Waals surface area contributed by atoms with Gasteiger partial charge in [0.1, 0.15) is 5.75 Å². The van der Waals surface area contributed by atoms with Crippen molar-refractivity contribution in [3.05, 3.63) is 39.8 Å². The molecule has 11 heteroatoms. The van der Waals surface area contributed by atoms with Crippen LogP contribution in [0.2, 0.25) is 0 Å². The second-order valence-corrected chi connectivity index (χ2v) is 10.9. The first-order chi connectivity index (χ1) is 17.5. The smallest absolute Gasteiger partial charge is 0.184 e. The van der Waals surface area contributed by atoms with Crippen molar-refractivity contribution < 1.29 is 9.84 Å². The lowest BCUT2D eigenvalue weighted by Crippen LogP contribution is -2.37. The highest BCUT2D eigenvalue weighted by Crippen LogP contribution is 2.32. The third-order valence-corrected chi connectivity index (χ3v) is 8.23. The molecule has 10 nitrogen and oxygen atoms in total. The van der Waals surface area contributed by atoms with Crippen molar-refractivity contribution in [2.24, 2.45) is 0 Å². The highest BCUT2D eigenvalue weighted by Gasteiger charge is 2.27. The zero-order chi connectivity index (χ0) is 24.6. The monoisotopic (exact) mass is 506 g/mol. The van der Waals surface area contributed by atoms with Gasteiger partial charge in [0.25, 0.3) is 0 Å². The molecule has 1 N–H and O–H groups in total. The number of hydrogen-bond acceptors (Lipinski definition) is 10. The van der Waals surface area contributed by atoms with Crippen LogP contribution in [0, 0.1) is 13.8 Å². The van der Waals surface area contributed by atoms with Crippen LogP contribution in [0.3, 0.4) is 0 Å². The van der Waals surface area contributed by atoms with Crippen molar-refractivity contribution in [2.45, 2.75) is 39.3 Å². The van der Waals surface area contributed by atoms with E-state index in [4.69, 9.17) is 14.7 Å². The molecular formula is C25H30N8O2S. The summed E-state index contributed by atoms with van der Waals surface area (Å²) in [6.07, 6.45) is 5.05. The number of aromatic nitrogens is 6. The number of aryl methyl sites for hydroxylation is 2. The van der Waals surface area contributed by atoms with Gasteiger partial charge < -0.3 is 14.7 Å². The van der Waals surface area contributed by atoms with E-state index in [-0.39, 0.29) is 11.8 Å². The second-order valence-electron chi connectivity index (χ2n) is 9.57. The van der Waals surface area contributed by atoms with Gasteiger partial charge in [-0.2, -0.15) is 0 Å². The van der Waals surface area contributed by atoms with E-state index >= 15 is 0 Å². The Morgan fingerprint density at radius 2 is 1.86 bits per heavy atom. The topological polar surface area (TPSA) is 105 Å². The normalized spacial score (nSPS) is 17.8. The SMILES string of the molecule is Cc1cc(CN2CCC(n3nnc4c(N5CCOCC5)nc(-c5cncc(O)c5)nc43)CC2)sc1C. The molecule has 36 heavy (non-hydrogen) atoms. The Morgan fingerprint density at radius 3 is 2.58 bits per heavy atom. The fourth-order valence-electron chi connectivity index (χ4n) is 5.01. The average Bonchev–Trinajstić information content (AvgIpc) is 3.46. The lowest BCUT2D eigenvalue weighted by molar-refractivity contribution is 0.122. The van der Waals surface area contributed by atoms with E-state index in [2.05, 4.69) is 45.0 Å². The van der Waals surface area contributed by atoms with E-state index in [9.17, 15) is 5.11 Å². The number of aromatic hydroxyl groups is 1. The van der Waals surface area contributed by atoms with Gasteiger partial charge in [0.15, 0.2) is 22.8 Å². The number of likely N-dealkylation sites (tertiary alicyclic amines) is 1. The van der Waals surface area contributed by atoms with E-state index in [1.807, 2.05) is 16.0 Å². The molecule has 0 aliphatic carbocycles. The zero-order valence-corrected chi connectivity index (χ0v) is 21.4. The molecule has 4 aromatic heterocycles. The van der Waals surface area contributed by atoms with Crippen LogP contribution >= 0.6 is 11.3 Å². The fraction of sp³-hybridized carbons (Fsp3) is 0.480. The standard InChI is InChI=1S/C25H30N8O2S/c1-16-11-21(36-17(16)2)15-31-5-3-19(4-6-31)33-25-22(29-30-33)24(32-7-9-35-10-8-32)27-23(28-25)18-12-20(34)14-26-13-18/h11-14,19,34H,3-10,15H2,1-2H3. The van der Waals surface area contributed by atoms with Gasteiger partial charge in [-0.25, -0.2) is 14.6 Å². The number of pyridine rings is 1. The van der Waals surface area contributed by atoms with E-state index in [0.29, 0.717) is 30.1 Å². The first-order valence-electron chi connectivity index (χ1n) is 12.4. The molecule has 0 amide bonds. The number of rotatable bonds is 5. The van der Waals surface area contributed by atoms with Crippen LogP contribution in [0.15, 0.2) is 24.5 Å². The van der Waals surface area contributed by atoms with Crippen LogP contribution in [0.25, 0.3) is 22.6 Å². The Hall–Kier alpha value is -3.15. The Labute approximate surface area is 213 Å². The highest BCUT2D eigenvalue weighted by atomic mass is 32.1. The molecule has 188 valence electrons. The summed E-state index contributed by atoms with van der Waals surface area (Å²) >= 11 is 1.90. The molecular weight excluding hydrogens is 476 g/mol. The maximum absolute atomic E-state index is 9.99. The molecule has 2 aliphatic heterocycles. The van der Waals surface area contributed by atoms with E-state index < -0.39 is 0 Å². The molecule has 4 aromatic rings. The summed E-state index contributed by atoms with van der Waals surface area (Å²) in [6, 6.07) is 4.18. The zero-order valence-electron chi connectivity index (χ0n) is 20.6. The van der Waals surface area contributed by atoms with E-state index in [1.165, 1.54) is 21.5 Å². The largest absolute Gasteiger partial charge is 0.506 e. The molecule has 0 spiro atoms. The van der Waals surface area contributed by atoms with Gasteiger partial charge in [-0.15, -0.1) is 16.4 Å². The highest BCUT2D eigenvalue weighted by molar-refractivity contribution is 7.12. The number of nitrogens with zero attached hydrogens (tertiary/aromatic N) is 8. The molecule has 0 aromatic carbocycles. The third kappa shape index (κ3) is 4.54. The molecule has 0 saturated carbocycles. The summed E-state index contributed by atoms with van der Waals surface area (Å²) in [6.45, 7) is 10.1. The van der Waals surface area contributed by atoms with Crippen molar-refractivity contribution >= 4 is 28.3 Å². The number of fused-ring (bicyclic) bond motifs is 1. The number of anilines is 1. The van der Waals surface area contributed by atoms with Crippen LogP contribution < -0.4 is 4.90 Å². The summed E-state index contributed by atoms with van der Waals surface area (Å²) in [5.41, 5.74) is 3.48. The lowest BCUT2D eigenvalue weighted by Gasteiger charge is -2.31. The predicted octanol–water partition coefficient (Wildman–Crippen LogP) is 3.34. The minimum absolute atomic E-state index is 0.0826. The molecule has 0 bridgehead atoms. The fourth-order valence-corrected chi connectivity index (χ4v) is 6.10. The number of morpholine rings is 1. The maximum Gasteiger partial charge on any atom is 0.184 e. The number of ether oxygens (including phenoxy) is 1. The minimum atomic E-state index is 0.0826. The Kier molecular flexibility index (Phi) is 6.28. The minimum Gasteiger partial charge on any atom is -0.506 e. The predicted molar refractivity (Wildman–Crippen MR) is 138 cm³/mol. The summed E-state index contributed by atoms with van der Waals surface area (Å²) in [5, 5.41) is 19.1. The van der Waals surface area contributed by atoms with E-state index in [1.54, 1.807) is 12.3 Å². The van der Waals surface area contributed by atoms with Crippen LogP contribution in [0.4, 0.5) is 5.82 Å². The molecule has 0 unspecified atom stereocenters. The van der Waals surface area contributed by atoms with Crippen LogP contribution in [0.5, 0.6) is 5.75 Å². The van der Waals surface area contributed by atoms with Crippen molar-refractivity contribution in [2.75, 3.05) is 44.3 Å². The van der Waals surface area contributed by atoms with Gasteiger partial charge >= 0.3 is 0 Å². The van der Waals surface area contributed by atoms with Crippen LogP contribution in [-0.4, -0.2) is 79.3 Å². The molecule has 6 heterocycles. The molecule has 2 fully saturated rings. The first kappa shape index (κ1) is 23.3. The van der Waals surface area contributed by atoms with Crippen molar-refractivity contribution in [3.63, 3.8) is 0 Å². The Morgan fingerprint density at radius 1 is 1.06 bits per heavy atom. The summed E-state index contributed by atoms with van der Waals surface area (Å²) < 4.78 is 7.53. The van der Waals surface area contributed by atoms with E-state index in [0.717, 1.165) is 57.0 Å². The lowest BCUT2D eigenvalue weighted by atomic mass is 10.1. The Bertz CT molecular complexity index is 1350. The molecule has 0 radical (unpaired) electrons. The quantitative estimate of drug-likeness (QED) is 0.436. The van der Waals surface area contributed by atoms with Gasteiger partial charge in [-0.1, -0.05) is 5.21 Å². The summed E-state index contributed by atoms with van der Waals surface area (Å²) in [4.78, 5) is 21.4. The Balaban J connectivity index is 1.30. The van der Waals surface area contributed by atoms with Gasteiger partial charge in [0.05, 0.1) is 25.5 Å². The van der Waals surface area contributed by atoms with Crippen LogP contribution in [0.1, 0.15) is 34.2 Å². The van der Waals surface area contributed by atoms with Gasteiger partial charge in [-0.05, 0) is 44.4 Å². The number of hydrogen-bond donors (Lipinski definition) is 1. The van der Waals surface area contributed by atoms with Gasteiger partial charge in [0, 0.05) is 54.2 Å². The van der Waals surface area contributed by atoms with Gasteiger partial charge in [-0.3, -0.25) is 9.88 Å². The number of thiophene rings is 1. The summed E-state index contributed by atoms with van der Waals surface area (Å²) in [5.74, 6) is 1.35. The third-order valence-electron chi connectivity index (χ3n) is 7.10. The van der Waals surface area contributed by atoms with Gasteiger partial charge in [0.2, 0.25) is 0 Å². The molecule has 2 aliphatic rings. The first-order valence-corrected chi connectivity index (χ1v) is 13.2. The second kappa shape index (κ2) is 9.72. The summed E-state index contributed by atoms with van der Waals surface area (Å²) in [7, 11) is 0. The number of piperidine rings is 1. The molecule has 2 saturated heterocycles. The van der Waals surface area contributed by atoms with Crippen molar-refractivity contribution in [1.29, 1.82) is 0 Å². The van der Waals surface area contributed by atoms with Crippen LogP contribution in [-0.2, 0) is 11.3 Å². The maximum atomic E-state index is 9.99. The molecule has 0 atom stereocenters.